The van der Waals surface area contributed by atoms with Crippen molar-refractivity contribution in [3.05, 3.63) is 27.8 Å². The first kappa shape index (κ1) is 14.8. The van der Waals surface area contributed by atoms with Gasteiger partial charge < -0.3 is 9.47 Å². The van der Waals surface area contributed by atoms with Gasteiger partial charge in [0.25, 0.3) is 11.8 Å². The SMILES string of the molecule is COc1nc2ccc(C(F)(F)F)c([N+](=O)[O-])c2nc1OC. The van der Waals surface area contributed by atoms with Crippen molar-refractivity contribution in [3.8, 4) is 11.8 Å². The lowest BCUT2D eigenvalue weighted by Crippen LogP contribution is -2.10. The molecular formula is C11H8F3N3O4. The molecule has 0 spiro atoms. The van der Waals surface area contributed by atoms with Crippen molar-refractivity contribution < 1.29 is 27.6 Å². The van der Waals surface area contributed by atoms with E-state index in [1.54, 1.807) is 0 Å². The zero-order chi connectivity index (χ0) is 15.8. The van der Waals surface area contributed by atoms with Gasteiger partial charge >= 0.3 is 11.9 Å². The molecule has 0 radical (unpaired) electrons. The fourth-order valence-corrected chi connectivity index (χ4v) is 1.76. The highest BCUT2D eigenvalue weighted by Gasteiger charge is 2.40. The molecule has 0 saturated heterocycles. The number of aromatic nitrogens is 2. The fourth-order valence-electron chi connectivity index (χ4n) is 1.76. The summed E-state index contributed by atoms with van der Waals surface area (Å²) in [5.41, 5.74) is -3.20. The van der Waals surface area contributed by atoms with Crippen LogP contribution in [0.15, 0.2) is 12.1 Å². The minimum Gasteiger partial charge on any atom is -0.477 e. The van der Waals surface area contributed by atoms with Crippen LogP contribution in [0.1, 0.15) is 5.56 Å². The molecule has 0 fully saturated rings. The Balaban J connectivity index is 2.89. The van der Waals surface area contributed by atoms with Gasteiger partial charge in [-0.15, -0.1) is 0 Å². The van der Waals surface area contributed by atoms with Crippen molar-refractivity contribution in [1.29, 1.82) is 0 Å². The van der Waals surface area contributed by atoms with Crippen molar-refractivity contribution in [2.45, 2.75) is 6.18 Å². The van der Waals surface area contributed by atoms with Crippen LogP contribution in [-0.2, 0) is 6.18 Å². The van der Waals surface area contributed by atoms with E-state index in [1.165, 1.54) is 14.2 Å². The van der Waals surface area contributed by atoms with Gasteiger partial charge in [0, 0.05) is 0 Å². The van der Waals surface area contributed by atoms with Crippen LogP contribution in [0.3, 0.4) is 0 Å². The predicted molar refractivity (Wildman–Crippen MR) is 64.3 cm³/mol. The lowest BCUT2D eigenvalue weighted by atomic mass is 10.1. The van der Waals surface area contributed by atoms with Gasteiger partial charge in [0.15, 0.2) is 5.52 Å². The van der Waals surface area contributed by atoms with E-state index in [0.29, 0.717) is 6.07 Å². The number of methoxy groups -OCH3 is 2. The Kier molecular flexibility index (Phi) is 3.54. The van der Waals surface area contributed by atoms with Crippen molar-refractivity contribution in [2.75, 3.05) is 14.2 Å². The summed E-state index contributed by atoms with van der Waals surface area (Å²) in [5, 5.41) is 11.0. The molecule has 0 amide bonds. The molecule has 2 aromatic rings. The van der Waals surface area contributed by atoms with E-state index in [1.807, 2.05) is 0 Å². The molecule has 112 valence electrons. The average molecular weight is 303 g/mol. The van der Waals surface area contributed by atoms with Gasteiger partial charge in [-0.25, -0.2) is 4.98 Å². The van der Waals surface area contributed by atoms with Gasteiger partial charge in [0.05, 0.1) is 19.1 Å². The smallest absolute Gasteiger partial charge is 0.423 e. The number of nitrogens with zero attached hydrogens (tertiary/aromatic N) is 3. The number of hydrogen-bond acceptors (Lipinski definition) is 6. The number of halogens is 3. The predicted octanol–water partition coefficient (Wildman–Crippen LogP) is 2.57. The summed E-state index contributed by atoms with van der Waals surface area (Å²) in [7, 11) is 2.45. The first-order valence-electron chi connectivity index (χ1n) is 5.44. The maximum atomic E-state index is 12.9. The number of nitro benzene ring substituents is 1. The Morgan fingerprint density at radius 3 is 2.19 bits per heavy atom. The summed E-state index contributed by atoms with van der Waals surface area (Å²) in [4.78, 5) is 17.4. The molecule has 0 unspecified atom stereocenters. The van der Waals surface area contributed by atoms with E-state index in [4.69, 9.17) is 9.47 Å². The highest BCUT2D eigenvalue weighted by atomic mass is 19.4. The average Bonchev–Trinajstić information content (AvgIpc) is 2.42. The van der Waals surface area contributed by atoms with Crippen LogP contribution in [0, 0.1) is 10.1 Å². The van der Waals surface area contributed by atoms with E-state index in [0.717, 1.165) is 6.07 Å². The van der Waals surface area contributed by atoms with Crippen molar-refractivity contribution in [1.82, 2.24) is 9.97 Å². The number of nitro groups is 1. The highest BCUT2D eigenvalue weighted by molar-refractivity contribution is 5.87. The van der Waals surface area contributed by atoms with E-state index < -0.39 is 27.9 Å². The molecule has 0 aliphatic rings. The summed E-state index contributed by atoms with van der Waals surface area (Å²) in [6, 6.07) is 1.57. The highest BCUT2D eigenvalue weighted by Crippen LogP contribution is 2.40. The molecule has 1 aromatic heterocycles. The third-order valence-corrected chi connectivity index (χ3v) is 2.62. The van der Waals surface area contributed by atoms with E-state index in [2.05, 4.69) is 9.97 Å². The van der Waals surface area contributed by atoms with Gasteiger partial charge in [-0.2, -0.15) is 18.2 Å². The Morgan fingerprint density at radius 2 is 1.71 bits per heavy atom. The molecule has 7 nitrogen and oxygen atoms in total. The maximum Gasteiger partial charge on any atom is 0.423 e. The van der Waals surface area contributed by atoms with Crippen molar-refractivity contribution in [2.24, 2.45) is 0 Å². The van der Waals surface area contributed by atoms with E-state index >= 15 is 0 Å². The molecular weight excluding hydrogens is 295 g/mol. The van der Waals surface area contributed by atoms with Crippen LogP contribution in [0.4, 0.5) is 18.9 Å². The number of alkyl halides is 3. The monoisotopic (exact) mass is 303 g/mol. The zero-order valence-electron chi connectivity index (χ0n) is 10.8. The second-order valence-corrected chi connectivity index (χ2v) is 3.83. The third-order valence-electron chi connectivity index (χ3n) is 2.62. The minimum absolute atomic E-state index is 0.0842. The van der Waals surface area contributed by atoms with Crippen LogP contribution in [0.5, 0.6) is 11.8 Å². The Bertz CT molecular complexity index is 718. The first-order valence-corrected chi connectivity index (χ1v) is 5.44. The normalized spacial score (nSPS) is 11.5. The van der Waals surface area contributed by atoms with Crippen molar-refractivity contribution >= 4 is 16.7 Å². The summed E-state index contributed by atoms with van der Waals surface area (Å²) in [5.74, 6) is -0.327. The molecule has 0 bridgehead atoms. The Labute approximate surface area is 115 Å². The molecule has 10 heteroatoms. The first-order chi connectivity index (χ1) is 9.79. The van der Waals surface area contributed by atoms with E-state index in [9.17, 15) is 23.3 Å². The quantitative estimate of drug-likeness (QED) is 0.639. The number of rotatable bonds is 3. The summed E-state index contributed by atoms with van der Waals surface area (Å²) in [6.07, 6.45) is -4.88. The number of hydrogen-bond donors (Lipinski definition) is 0. The minimum atomic E-state index is -4.88. The van der Waals surface area contributed by atoms with Crippen LogP contribution >= 0.6 is 0 Å². The van der Waals surface area contributed by atoms with E-state index in [-0.39, 0.29) is 17.3 Å². The topological polar surface area (TPSA) is 87.4 Å². The molecule has 1 heterocycles. The molecule has 0 atom stereocenters. The maximum absolute atomic E-state index is 12.9. The molecule has 2 rings (SSSR count). The Hall–Kier alpha value is -2.65. The van der Waals surface area contributed by atoms with Gasteiger partial charge in [-0.3, -0.25) is 10.1 Å². The van der Waals surface area contributed by atoms with Gasteiger partial charge in [-0.05, 0) is 12.1 Å². The number of ether oxygens (including phenoxy) is 2. The van der Waals surface area contributed by atoms with Crippen LogP contribution in [0.2, 0.25) is 0 Å². The molecule has 1 aromatic carbocycles. The zero-order valence-corrected chi connectivity index (χ0v) is 10.8. The van der Waals surface area contributed by atoms with Gasteiger partial charge in [-0.1, -0.05) is 0 Å². The second-order valence-electron chi connectivity index (χ2n) is 3.83. The fraction of sp³-hybridized carbons (Fsp3) is 0.273. The summed E-state index contributed by atoms with van der Waals surface area (Å²) >= 11 is 0. The molecule has 0 aliphatic carbocycles. The lowest BCUT2D eigenvalue weighted by molar-refractivity contribution is -0.386. The largest absolute Gasteiger partial charge is 0.477 e. The molecule has 0 N–H and O–H groups in total. The summed E-state index contributed by atoms with van der Waals surface area (Å²) < 4.78 is 48.2. The van der Waals surface area contributed by atoms with Gasteiger partial charge in [0.2, 0.25) is 0 Å². The number of benzene rings is 1. The van der Waals surface area contributed by atoms with Crippen LogP contribution in [-0.4, -0.2) is 29.1 Å². The molecule has 21 heavy (non-hydrogen) atoms. The third kappa shape index (κ3) is 2.51. The van der Waals surface area contributed by atoms with Crippen LogP contribution in [0.25, 0.3) is 11.0 Å². The number of fused-ring (bicyclic) bond motifs is 1. The second kappa shape index (κ2) is 5.04. The lowest BCUT2D eigenvalue weighted by Gasteiger charge is -2.10. The van der Waals surface area contributed by atoms with Gasteiger partial charge in [0.1, 0.15) is 11.1 Å². The molecule has 0 saturated carbocycles. The van der Waals surface area contributed by atoms with Crippen LogP contribution < -0.4 is 9.47 Å². The Morgan fingerprint density at radius 1 is 1.14 bits per heavy atom. The summed E-state index contributed by atoms with van der Waals surface area (Å²) in [6.45, 7) is 0. The standard InChI is InChI=1S/C11H8F3N3O4/c1-20-9-10(21-2)16-7-6(15-9)4-3-5(11(12,13)14)8(7)17(18)19/h3-4H,1-2H3. The van der Waals surface area contributed by atoms with Crippen molar-refractivity contribution in [3.63, 3.8) is 0 Å². The molecule has 0 aliphatic heterocycles.